The Morgan fingerprint density at radius 3 is 2.59 bits per heavy atom. The van der Waals surface area contributed by atoms with Crippen LogP contribution in [-0.4, -0.2) is 21.8 Å². The van der Waals surface area contributed by atoms with E-state index in [1.807, 2.05) is 58.0 Å². The monoisotopic (exact) mass is 386 g/mol. The summed E-state index contributed by atoms with van der Waals surface area (Å²) in [4.78, 5) is 22.2. The van der Waals surface area contributed by atoms with Crippen molar-refractivity contribution in [3.8, 4) is 22.3 Å². The highest BCUT2D eigenvalue weighted by molar-refractivity contribution is 6.00. The van der Waals surface area contributed by atoms with Crippen molar-refractivity contribution in [1.29, 1.82) is 0 Å². The molecule has 0 atom stereocenters. The lowest BCUT2D eigenvalue weighted by molar-refractivity contribution is 0.393. The number of allylic oxidation sites excluding steroid dienone is 1. The smallest absolute Gasteiger partial charge is 0.323 e. The molecule has 0 radical (unpaired) electrons. The van der Waals surface area contributed by atoms with E-state index in [0.29, 0.717) is 0 Å². The number of H-pyrrole nitrogens is 2. The van der Waals surface area contributed by atoms with E-state index < -0.39 is 0 Å². The number of aromatic nitrogens is 3. The number of aromatic amines is 2. The van der Waals surface area contributed by atoms with Gasteiger partial charge in [0.2, 0.25) is 0 Å². The van der Waals surface area contributed by atoms with Gasteiger partial charge in [-0.2, -0.15) is 0 Å². The Kier molecular flexibility index (Phi) is 4.54. The summed E-state index contributed by atoms with van der Waals surface area (Å²) >= 11 is 0. The minimum Gasteiger partial charge on any atom is -0.361 e. The van der Waals surface area contributed by atoms with Crippen LogP contribution in [0.1, 0.15) is 29.5 Å². The Labute approximate surface area is 168 Å². The highest BCUT2D eigenvalue weighted by atomic mass is 16.5. The maximum absolute atomic E-state index is 12.1. The predicted molar refractivity (Wildman–Crippen MR) is 118 cm³/mol. The fraction of sp³-hybridized carbons (Fsp3) is 0.174. The molecule has 6 heteroatoms. The zero-order valence-electron chi connectivity index (χ0n) is 16.9. The molecule has 2 heterocycles. The molecule has 0 spiro atoms. The molecule has 0 saturated heterocycles. The largest absolute Gasteiger partial charge is 0.361 e. The Hall–Kier alpha value is -3.67. The molecule has 0 bridgehead atoms. The molecule has 29 heavy (non-hydrogen) atoms. The van der Waals surface area contributed by atoms with Crippen LogP contribution in [-0.2, 0) is 0 Å². The summed E-state index contributed by atoms with van der Waals surface area (Å²) < 4.78 is 5.37. The number of hydrogen-bond acceptors (Lipinski definition) is 4. The van der Waals surface area contributed by atoms with Crippen molar-refractivity contribution in [2.75, 3.05) is 0 Å². The normalized spacial score (nSPS) is 11.6. The summed E-state index contributed by atoms with van der Waals surface area (Å²) in [5.74, 6) is 0.734. The van der Waals surface area contributed by atoms with Gasteiger partial charge in [0.15, 0.2) is 0 Å². The van der Waals surface area contributed by atoms with Crippen LogP contribution >= 0.6 is 0 Å². The maximum atomic E-state index is 12.1. The Bertz CT molecular complexity index is 1320. The molecule has 4 rings (SSSR count). The lowest BCUT2D eigenvalue weighted by Gasteiger charge is -2.15. The second kappa shape index (κ2) is 7.05. The molecule has 146 valence electrons. The fourth-order valence-corrected chi connectivity index (χ4v) is 3.93. The van der Waals surface area contributed by atoms with Crippen LogP contribution in [0.5, 0.6) is 0 Å². The van der Waals surface area contributed by atoms with Crippen molar-refractivity contribution >= 4 is 29.5 Å². The summed E-state index contributed by atoms with van der Waals surface area (Å²) in [6.07, 6.45) is 3.99. The molecule has 6 nitrogen and oxygen atoms in total. The second-order valence-corrected chi connectivity index (χ2v) is 7.07. The maximum Gasteiger partial charge on any atom is 0.323 e. The Morgan fingerprint density at radius 2 is 1.93 bits per heavy atom. The van der Waals surface area contributed by atoms with Crippen LogP contribution in [0.25, 0.3) is 39.4 Å². The van der Waals surface area contributed by atoms with Crippen molar-refractivity contribution in [3.05, 3.63) is 63.4 Å². The molecule has 0 aliphatic carbocycles. The van der Waals surface area contributed by atoms with Crippen LogP contribution in [0, 0.1) is 20.8 Å². The molecule has 0 saturated carbocycles. The average Bonchev–Trinajstić information content (AvgIpc) is 3.22. The molecule has 2 N–H and O–H groups in total. The number of nitrogens with one attached hydrogen (secondary N) is 2. The highest BCUT2D eigenvalue weighted by Crippen LogP contribution is 2.40. The number of rotatable bonds is 4. The summed E-state index contributed by atoms with van der Waals surface area (Å²) in [5.41, 5.74) is 8.63. The molecule has 2 aromatic heterocycles. The van der Waals surface area contributed by atoms with E-state index in [9.17, 15) is 4.79 Å². The number of benzene rings is 2. The van der Waals surface area contributed by atoms with E-state index in [1.54, 1.807) is 0 Å². The van der Waals surface area contributed by atoms with Gasteiger partial charge in [-0.05, 0) is 69.3 Å². The van der Waals surface area contributed by atoms with Crippen LogP contribution in [0.15, 0.2) is 44.7 Å². The third-order valence-electron chi connectivity index (χ3n) is 5.15. The topological polar surface area (TPSA) is 87.0 Å². The zero-order valence-corrected chi connectivity index (χ0v) is 16.9. The van der Waals surface area contributed by atoms with Gasteiger partial charge in [0.05, 0.1) is 22.4 Å². The molecular formula is C23H22N4O2. The quantitative estimate of drug-likeness (QED) is 0.456. The summed E-state index contributed by atoms with van der Waals surface area (Å²) in [6, 6.07) is 7.99. The SMILES string of the molecule is C=Nc1ccc(C)c(-c2cc(-c3c(C)noc3C)cc3[nH]c(=O)[nH]c23)c1C=CC. The lowest BCUT2D eigenvalue weighted by atomic mass is 9.90. The molecule has 4 aromatic rings. The molecule has 0 amide bonds. The third-order valence-corrected chi connectivity index (χ3v) is 5.15. The van der Waals surface area contributed by atoms with E-state index in [4.69, 9.17) is 4.52 Å². The predicted octanol–water partition coefficient (Wildman–Crippen LogP) is 5.47. The van der Waals surface area contributed by atoms with Gasteiger partial charge < -0.3 is 14.5 Å². The molecule has 0 aliphatic rings. The number of hydrogen-bond donors (Lipinski definition) is 2. The van der Waals surface area contributed by atoms with Gasteiger partial charge in [0, 0.05) is 16.7 Å². The van der Waals surface area contributed by atoms with Crippen LogP contribution in [0.2, 0.25) is 0 Å². The van der Waals surface area contributed by atoms with Crippen molar-refractivity contribution in [2.45, 2.75) is 27.7 Å². The number of nitrogens with zero attached hydrogens (tertiary/aromatic N) is 2. The van der Waals surface area contributed by atoms with E-state index >= 15 is 0 Å². The van der Waals surface area contributed by atoms with Gasteiger partial charge in [-0.25, -0.2) is 4.79 Å². The molecule has 2 aromatic carbocycles. The van der Waals surface area contributed by atoms with Crippen LogP contribution < -0.4 is 5.69 Å². The molecule has 0 unspecified atom stereocenters. The van der Waals surface area contributed by atoms with Gasteiger partial charge >= 0.3 is 5.69 Å². The molecular weight excluding hydrogens is 364 g/mol. The van der Waals surface area contributed by atoms with Crippen molar-refractivity contribution in [3.63, 3.8) is 0 Å². The number of aryl methyl sites for hydroxylation is 3. The van der Waals surface area contributed by atoms with Gasteiger partial charge in [-0.15, -0.1) is 0 Å². The number of aliphatic imine (C=N–C) groups is 1. The summed E-state index contributed by atoms with van der Waals surface area (Å²) in [7, 11) is 0. The Morgan fingerprint density at radius 1 is 1.14 bits per heavy atom. The first-order chi connectivity index (χ1) is 13.9. The van der Waals surface area contributed by atoms with E-state index in [0.717, 1.165) is 61.6 Å². The standard InChI is InChI=1S/C23H22N4O2/c1-6-7-16-18(24-5)9-8-12(2)20(16)17-10-15(21-13(3)27-29-14(21)4)11-19-22(17)26-23(28)25-19/h6-11H,5H2,1-4H3,(H2,25,26,28). The minimum atomic E-state index is -0.250. The van der Waals surface area contributed by atoms with Gasteiger partial charge in [-0.1, -0.05) is 23.4 Å². The number of imidazole rings is 1. The lowest BCUT2D eigenvalue weighted by Crippen LogP contribution is -1.99. The average molecular weight is 386 g/mol. The molecule has 0 fully saturated rings. The first kappa shape index (κ1) is 18.7. The van der Waals surface area contributed by atoms with E-state index in [1.165, 1.54) is 0 Å². The van der Waals surface area contributed by atoms with Gasteiger partial charge in [-0.3, -0.25) is 4.99 Å². The van der Waals surface area contributed by atoms with Crippen molar-refractivity contribution in [1.82, 2.24) is 15.1 Å². The number of fused-ring (bicyclic) bond motifs is 1. The third kappa shape index (κ3) is 3.02. The summed E-state index contributed by atoms with van der Waals surface area (Å²) in [6.45, 7) is 11.5. The Balaban J connectivity index is 2.15. The van der Waals surface area contributed by atoms with Crippen LogP contribution in [0.3, 0.4) is 0 Å². The van der Waals surface area contributed by atoms with E-state index in [2.05, 4.69) is 32.9 Å². The van der Waals surface area contributed by atoms with Crippen molar-refractivity contribution in [2.24, 2.45) is 4.99 Å². The second-order valence-electron chi connectivity index (χ2n) is 7.07. The first-order valence-corrected chi connectivity index (χ1v) is 9.37. The van der Waals surface area contributed by atoms with E-state index in [-0.39, 0.29) is 5.69 Å². The van der Waals surface area contributed by atoms with Gasteiger partial charge in [0.1, 0.15) is 5.76 Å². The minimum absolute atomic E-state index is 0.250. The summed E-state index contributed by atoms with van der Waals surface area (Å²) in [5, 5.41) is 4.08. The molecule has 0 aliphatic heterocycles. The fourth-order valence-electron chi connectivity index (χ4n) is 3.93. The highest BCUT2D eigenvalue weighted by Gasteiger charge is 2.19. The van der Waals surface area contributed by atoms with Crippen LogP contribution in [0.4, 0.5) is 5.69 Å². The first-order valence-electron chi connectivity index (χ1n) is 9.37. The van der Waals surface area contributed by atoms with Crippen molar-refractivity contribution < 1.29 is 4.52 Å². The van der Waals surface area contributed by atoms with Gasteiger partial charge in [0.25, 0.3) is 0 Å². The zero-order chi connectivity index (χ0) is 20.7.